The SMILES string of the molecule is Cc1cccc(C2NC(C(=O)OC(C)(C)C)CC2S(=O)(=O)c2ccccc2)c1. The summed E-state index contributed by atoms with van der Waals surface area (Å²) in [6, 6.07) is 15.0. The van der Waals surface area contributed by atoms with Gasteiger partial charge in [-0.3, -0.25) is 10.1 Å². The van der Waals surface area contributed by atoms with Gasteiger partial charge < -0.3 is 4.74 Å². The van der Waals surface area contributed by atoms with Crippen molar-refractivity contribution in [1.29, 1.82) is 0 Å². The lowest BCUT2D eigenvalue weighted by Crippen LogP contribution is -2.38. The van der Waals surface area contributed by atoms with E-state index in [0.29, 0.717) is 0 Å². The standard InChI is InChI=1S/C22H27NO4S/c1-15-9-8-10-16(13-15)20-19(28(25,26)17-11-6-5-7-12-17)14-18(23-20)21(24)27-22(2,3)4/h5-13,18-20,23H,14H2,1-4H3. The van der Waals surface area contributed by atoms with Crippen LogP contribution in [0.4, 0.5) is 0 Å². The number of esters is 1. The van der Waals surface area contributed by atoms with Crippen LogP contribution in [0.1, 0.15) is 44.4 Å². The molecule has 6 heteroatoms. The number of ether oxygens (including phenoxy) is 1. The van der Waals surface area contributed by atoms with E-state index in [1.165, 1.54) is 0 Å². The minimum atomic E-state index is -3.63. The molecule has 2 aromatic carbocycles. The Bertz CT molecular complexity index is 948. The Balaban J connectivity index is 1.98. The zero-order valence-corrected chi connectivity index (χ0v) is 17.5. The normalized spacial score (nSPS) is 22.8. The van der Waals surface area contributed by atoms with Gasteiger partial charge in [0.2, 0.25) is 0 Å². The average molecular weight is 402 g/mol. The molecule has 150 valence electrons. The van der Waals surface area contributed by atoms with Gasteiger partial charge in [-0.2, -0.15) is 0 Å². The van der Waals surface area contributed by atoms with Gasteiger partial charge in [-0.15, -0.1) is 0 Å². The third kappa shape index (κ3) is 4.45. The van der Waals surface area contributed by atoms with Crippen LogP contribution in [0.15, 0.2) is 59.5 Å². The van der Waals surface area contributed by atoms with Crippen molar-refractivity contribution in [3.63, 3.8) is 0 Å². The molecule has 2 aromatic rings. The maximum atomic E-state index is 13.4. The van der Waals surface area contributed by atoms with E-state index in [1.54, 1.807) is 51.1 Å². The summed E-state index contributed by atoms with van der Waals surface area (Å²) in [5.41, 5.74) is 1.26. The van der Waals surface area contributed by atoms with Crippen molar-refractivity contribution in [3.05, 3.63) is 65.7 Å². The minimum absolute atomic E-state index is 0.171. The lowest BCUT2D eigenvalue weighted by molar-refractivity contribution is -0.157. The number of benzene rings is 2. The second kappa shape index (κ2) is 7.68. The largest absolute Gasteiger partial charge is 0.459 e. The van der Waals surface area contributed by atoms with Crippen LogP contribution in [0.25, 0.3) is 0 Å². The number of carbonyl (C=O) groups is 1. The van der Waals surface area contributed by atoms with Crippen LogP contribution in [0.3, 0.4) is 0 Å². The Morgan fingerprint density at radius 1 is 1.07 bits per heavy atom. The number of hydrogen-bond acceptors (Lipinski definition) is 5. The van der Waals surface area contributed by atoms with Crippen LogP contribution in [0.2, 0.25) is 0 Å². The maximum Gasteiger partial charge on any atom is 0.323 e. The minimum Gasteiger partial charge on any atom is -0.459 e. The highest BCUT2D eigenvalue weighted by Gasteiger charge is 2.46. The van der Waals surface area contributed by atoms with Gasteiger partial charge in [0.25, 0.3) is 0 Å². The molecule has 0 saturated carbocycles. The summed E-state index contributed by atoms with van der Waals surface area (Å²) in [4.78, 5) is 12.9. The van der Waals surface area contributed by atoms with Crippen molar-refractivity contribution < 1.29 is 17.9 Å². The first-order chi connectivity index (χ1) is 13.1. The Labute approximate surface area is 167 Å². The van der Waals surface area contributed by atoms with Gasteiger partial charge in [0, 0.05) is 0 Å². The molecule has 1 N–H and O–H groups in total. The van der Waals surface area contributed by atoms with Gasteiger partial charge in [-0.05, 0) is 51.8 Å². The molecular formula is C22H27NO4S. The quantitative estimate of drug-likeness (QED) is 0.793. The molecule has 5 nitrogen and oxygen atoms in total. The molecule has 1 aliphatic heterocycles. The van der Waals surface area contributed by atoms with Crippen LogP contribution in [-0.2, 0) is 19.4 Å². The zero-order valence-electron chi connectivity index (χ0n) is 16.7. The lowest BCUT2D eigenvalue weighted by Gasteiger charge is -2.22. The predicted molar refractivity (Wildman–Crippen MR) is 109 cm³/mol. The monoisotopic (exact) mass is 401 g/mol. The second-order valence-electron chi connectivity index (χ2n) is 8.28. The van der Waals surface area contributed by atoms with Gasteiger partial charge in [0.15, 0.2) is 9.84 Å². The first-order valence-electron chi connectivity index (χ1n) is 9.42. The van der Waals surface area contributed by atoms with E-state index >= 15 is 0 Å². The van der Waals surface area contributed by atoms with Gasteiger partial charge in [0.05, 0.1) is 16.2 Å². The molecule has 3 unspecified atom stereocenters. The summed E-state index contributed by atoms with van der Waals surface area (Å²) < 4.78 is 32.2. The van der Waals surface area contributed by atoms with Crippen molar-refractivity contribution in [2.24, 2.45) is 0 Å². The third-order valence-corrected chi connectivity index (χ3v) is 6.97. The fourth-order valence-corrected chi connectivity index (χ4v) is 5.49. The number of carbonyl (C=O) groups excluding carboxylic acids is 1. The highest BCUT2D eigenvalue weighted by Crippen LogP contribution is 2.36. The van der Waals surface area contributed by atoms with Crippen molar-refractivity contribution in [2.75, 3.05) is 0 Å². The van der Waals surface area contributed by atoms with E-state index < -0.39 is 38.7 Å². The molecule has 1 heterocycles. The van der Waals surface area contributed by atoms with E-state index in [4.69, 9.17) is 4.74 Å². The highest BCUT2D eigenvalue weighted by atomic mass is 32.2. The van der Waals surface area contributed by atoms with Gasteiger partial charge in [-0.25, -0.2) is 8.42 Å². The molecule has 0 aliphatic carbocycles. The van der Waals surface area contributed by atoms with Crippen LogP contribution < -0.4 is 5.32 Å². The van der Waals surface area contributed by atoms with Crippen molar-refractivity contribution >= 4 is 15.8 Å². The van der Waals surface area contributed by atoms with Crippen molar-refractivity contribution in [1.82, 2.24) is 5.32 Å². The third-order valence-electron chi connectivity index (χ3n) is 4.78. The number of rotatable bonds is 4. The molecular weight excluding hydrogens is 374 g/mol. The zero-order chi connectivity index (χ0) is 20.5. The fraction of sp³-hybridized carbons (Fsp3) is 0.409. The summed E-state index contributed by atoms with van der Waals surface area (Å²) in [6.07, 6.45) is 0.171. The van der Waals surface area contributed by atoms with E-state index in [2.05, 4.69) is 5.32 Å². The summed E-state index contributed by atoms with van der Waals surface area (Å²) in [7, 11) is -3.63. The van der Waals surface area contributed by atoms with Crippen LogP contribution >= 0.6 is 0 Å². The van der Waals surface area contributed by atoms with E-state index in [9.17, 15) is 13.2 Å². The number of nitrogens with one attached hydrogen (secondary N) is 1. The first kappa shape index (κ1) is 20.6. The first-order valence-corrected chi connectivity index (χ1v) is 11.0. The topological polar surface area (TPSA) is 72.5 Å². The molecule has 0 aromatic heterocycles. The Hall–Kier alpha value is -2.18. The summed E-state index contributed by atoms with van der Waals surface area (Å²) in [6.45, 7) is 7.37. The average Bonchev–Trinajstić information content (AvgIpc) is 3.07. The Morgan fingerprint density at radius 2 is 1.75 bits per heavy atom. The number of aryl methyl sites for hydroxylation is 1. The molecule has 3 atom stereocenters. The second-order valence-corrected chi connectivity index (χ2v) is 10.4. The smallest absolute Gasteiger partial charge is 0.323 e. The van der Waals surface area contributed by atoms with Crippen LogP contribution in [0, 0.1) is 6.92 Å². The molecule has 0 amide bonds. The summed E-state index contributed by atoms with van der Waals surface area (Å²) in [5.74, 6) is -0.420. The van der Waals surface area contributed by atoms with Crippen molar-refractivity contribution in [2.45, 2.75) is 61.9 Å². The molecule has 28 heavy (non-hydrogen) atoms. The molecule has 1 aliphatic rings. The van der Waals surface area contributed by atoms with Gasteiger partial charge in [0.1, 0.15) is 11.6 Å². The highest BCUT2D eigenvalue weighted by molar-refractivity contribution is 7.92. The van der Waals surface area contributed by atoms with Gasteiger partial charge in [-0.1, -0.05) is 48.0 Å². The lowest BCUT2D eigenvalue weighted by atomic mass is 10.0. The van der Waals surface area contributed by atoms with Gasteiger partial charge >= 0.3 is 5.97 Å². The Kier molecular flexibility index (Phi) is 5.64. The van der Waals surface area contributed by atoms with E-state index in [0.717, 1.165) is 11.1 Å². The van der Waals surface area contributed by atoms with E-state index in [1.807, 2.05) is 31.2 Å². The molecule has 0 spiro atoms. The number of sulfone groups is 1. The predicted octanol–water partition coefficient (Wildman–Crippen LogP) is 3.58. The molecule has 1 fully saturated rings. The summed E-state index contributed by atoms with van der Waals surface area (Å²) >= 11 is 0. The molecule has 3 rings (SSSR count). The van der Waals surface area contributed by atoms with Crippen molar-refractivity contribution in [3.8, 4) is 0 Å². The Morgan fingerprint density at radius 3 is 2.36 bits per heavy atom. The molecule has 0 bridgehead atoms. The van der Waals surface area contributed by atoms with E-state index in [-0.39, 0.29) is 11.3 Å². The molecule has 1 saturated heterocycles. The maximum absolute atomic E-state index is 13.4. The number of hydrogen-bond donors (Lipinski definition) is 1. The fourth-order valence-electron chi connectivity index (χ4n) is 3.56. The summed E-state index contributed by atoms with van der Waals surface area (Å²) in [5, 5.41) is 2.47. The van der Waals surface area contributed by atoms with Crippen LogP contribution in [-0.4, -0.2) is 31.3 Å². The van der Waals surface area contributed by atoms with Crippen LogP contribution in [0.5, 0.6) is 0 Å². The molecule has 0 radical (unpaired) electrons.